The van der Waals surface area contributed by atoms with Gasteiger partial charge < -0.3 is 9.67 Å². The predicted molar refractivity (Wildman–Crippen MR) is 50.5 cm³/mol. The van der Waals surface area contributed by atoms with Gasteiger partial charge in [-0.3, -0.25) is 0 Å². The van der Waals surface area contributed by atoms with E-state index in [1.165, 1.54) is 0 Å². The Morgan fingerprint density at radius 1 is 1.62 bits per heavy atom. The molecule has 1 aliphatic carbocycles. The van der Waals surface area contributed by atoms with Crippen LogP contribution in [0.1, 0.15) is 37.9 Å². The third-order valence-corrected chi connectivity index (χ3v) is 2.78. The molecule has 1 aliphatic rings. The van der Waals surface area contributed by atoms with Crippen LogP contribution in [0.25, 0.3) is 0 Å². The van der Waals surface area contributed by atoms with Gasteiger partial charge in [-0.1, -0.05) is 6.92 Å². The molecular weight excluding hydrogens is 164 g/mol. The molecule has 1 fully saturated rings. The fourth-order valence-electron chi connectivity index (χ4n) is 1.86. The van der Waals surface area contributed by atoms with Crippen LogP contribution in [0.5, 0.6) is 0 Å². The summed E-state index contributed by atoms with van der Waals surface area (Å²) in [6.45, 7) is 3.17. The molecule has 0 spiro atoms. The van der Waals surface area contributed by atoms with Crippen molar-refractivity contribution < 1.29 is 5.11 Å². The second-order valence-electron chi connectivity index (χ2n) is 3.73. The summed E-state index contributed by atoms with van der Waals surface area (Å²) in [5, 5.41) is 9.52. The van der Waals surface area contributed by atoms with E-state index in [1.807, 2.05) is 12.4 Å². The fraction of sp³-hybridized carbons (Fsp3) is 0.700. The van der Waals surface area contributed by atoms with E-state index < -0.39 is 0 Å². The van der Waals surface area contributed by atoms with E-state index in [4.69, 9.17) is 0 Å². The van der Waals surface area contributed by atoms with Gasteiger partial charge in [0.05, 0.1) is 6.10 Å². The maximum atomic E-state index is 9.52. The lowest BCUT2D eigenvalue weighted by molar-refractivity contribution is 0.0604. The highest BCUT2D eigenvalue weighted by molar-refractivity contribution is 5.08. The molecule has 0 radical (unpaired) electrons. The van der Waals surface area contributed by atoms with Gasteiger partial charge in [-0.25, -0.2) is 4.98 Å². The Labute approximate surface area is 78.4 Å². The molecule has 3 heteroatoms. The SMILES string of the molecule is CCCn1ccnc1C1CCC1O. The highest BCUT2D eigenvalue weighted by atomic mass is 16.3. The standard InChI is InChI=1S/C10H16N2O/c1-2-6-12-7-5-11-10(12)8-3-4-9(8)13/h5,7-9,13H,2-4,6H2,1H3. The Morgan fingerprint density at radius 3 is 3.00 bits per heavy atom. The molecule has 1 N–H and O–H groups in total. The average Bonchev–Trinajstić information content (AvgIpc) is 2.52. The largest absolute Gasteiger partial charge is 0.392 e. The average molecular weight is 180 g/mol. The van der Waals surface area contributed by atoms with Crippen LogP contribution in [-0.2, 0) is 6.54 Å². The first kappa shape index (κ1) is 8.75. The zero-order chi connectivity index (χ0) is 9.26. The first-order valence-electron chi connectivity index (χ1n) is 5.02. The summed E-state index contributed by atoms with van der Waals surface area (Å²) in [4.78, 5) is 4.31. The van der Waals surface area contributed by atoms with Crippen LogP contribution in [0, 0.1) is 0 Å². The van der Waals surface area contributed by atoms with Gasteiger partial charge >= 0.3 is 0 Å². The number of imidazole rings is 1. The zero-order valence-electron chi connectivity index (χ0n) is 7.98. The predicted octanol–water partition coefficient (Wildman–Crippen LogP) is 1.53. The third kappa shape index (κ3) is 1.48. The summed E-state index contributed by atoms with van der Waals surface area (Å²) in [5.41, 5.74) is 0. The first-order chi connectivity index (χ1) is 6.33. The van der Waals surface area contributed by atoms with Crippen LogP contribution >= 0.6 is 0 Å². The van der Waals surface area contributed by atoms with Gasteiger partial charge in [0.25, 0.3) is 0 Å². The monoisotopic (exact) mass is 180 g/mol. The fourth-order valence-corrected chi connectivity index (χ4v) is 1.86. The molecule has 2 unspecified atom stereocenters. The quantitative estimate of drug-likeness (QED) is 0.766. The summed E-state index contributed by atoms with van der Waals surface area (Å²) in [7, 11) is 0. The van der Waals surface area contributed by atoms with E-state index in [9.17, 15) is 5.11 Å². The van der Waals surface area contributed by atoms with E-state index in [1.54, 1.807) is 0 Å². The van der Waals surface area contributed by atoms with Crippen molar-refractivity contribution >= 4 is 0 Å². The van der Waals surface area contributed by atoms with Crippen LogP contribution in [-0.4, -0.2) is 20.8 Å². The van der Waals surface area contributed by atoms with Crippen LogP contribution in [0.15, 0.2) is 12.4 Å². The second kappa shape index (κ2) is 3.50. The van der Waals surface area contributed by atoms with Crippen molar-refractivity contribution in [2.45, 2.75) is 44.8 Å². The maximum absolute atomic E-state index is 9.52. The molecule has 1 aromatic rings. The molecule has 1 aromatic heterocycles. The molecule has 3 nitrogen and oxygen atoms in total. The number of aliphatic hydroxyl groups excluding tert-OH is 1. The van der Waals surface area contributed by atoms with E-state index in [0.29, 0.717) is 5.92 Å². The number of hydrogen-bond donors (Lipinski definition) is 1. The molecule has 1 saturated carbocycles. The number of hydrogen-bond acceptors (Lipinski definition) is 2. The minimum absolute atomic E-state index is 0.155. The van der Waals surface area contributed by atoms with Crippen molar-refractivity contribution in [2.24, 2.45) is 0 Å². The van der Waals surface area contributed by atoms with Gasteiger partial charge in [-0.2, -0.15) is 0 Å². The van der Waals surface area contributed by atoms with Gasteiger partial charge in [-0.05, 0) is 19.3 Å². The Hall–Kier alpha value is -0.830. The minimum atomic E-state index is -0.155. The number of aliphatic hydroxyl groups is 1. The van der Waals surface area contributed by atoms with Crippen molar-refractivity contribution in [3.8, 4) is 0 Å². The van der Waals surface area contributed by atoms with E-state index in [2.05, 4.69) is 16.5 Å². The number of rotatable bonds is 3. The summed E-state index contributed by atoms with van der Waals surface area (Å²) < 4.78 is 2.16. The van der Waals surface area contributed by atoms with Crippen molar-refractivity contribution in [2.75, 3.05) is 0 Å². The van der Waals surface area contributed by atoms with Gasteiger partial charge in [0.15, 0.2) is 0 Å². The van der Waals surface area contributed by atoms with Crippen LogP contribution in [0.2, 0.25) is 0 Å². The molecule has 0 saturated heterocycles. The van der Waals surface area contributed by atoms with Gasteiger partial charge in [0.2, 0.25) is 0 Å². The van der Waals surface area contributed by atoms with Gasteiger partial charge in [0, 0.05) is 24.9 Å². The summed E-state index contributed by atoms with van der Waals surface area (Å²) >= 11 is 0. The minimum Gasteiger partial charge on any atom is -0.392 e. The lowest BCUT2D eigenvalue weighted by Crippen LogP contribution is -2.31. The van der Waals surface area contributed by atoms with E-state index >= 15 is 0 Å². The van der Waals surface area contributed by atoms with Crippen molar-refractivity contribution in [3.63, 3.8) is 0 Å². The third-order valence-electron chi connectivity index (χ3n) is 2.78. The molecule has 72 valence electrons. The van der Waals surface area contributed by atoms with Crippen LogP contribution < -0.4 is 0 Å². The lowest BCUT2D eigenvalue weighted by Gasteiger charge is -2.32. The zero-order valence-corrected chi connectivity index (χ0v) is 7.98. The molecule has 0 aromatic carbocycles. The molecular formula is C10H16N2O. The lowest BCUT2D eigenvalue weighted by atomic mass is 9.81. The molecule has 0 aliphatic heterocycles. The normalized spacial score (nSPS) is 27.2. The van der Waals surface area contributed by atoms with Gasteiger partial charge in [0.1, 0.15) is 5.82 Å². The Morgan fingerprint density at radius 2 is 2.46 bits per heavy atom. The molecule has 1 heterocycles. The second-order valence-corrected chi connectivity index (χ2v) is 3.73. The highest BCUT2D eigenvalue weighted by Gasteiger charge is 2.33. The Kier molecular flexibility index (Phi) is 2.36. The Balaban J connectivity index is 2.14. The van der Waals surface area contributed by atoms with Crippen LogP contribution in [0.4, 0.5) is 0 Å². The van der Waals surface area contributed by atoms with Crippen molar-refractivity contribution in [1.82, 2.24) is 9.55 Å². The maximum Gasteiger partial charge on any atom is 0.114 e. The summed E-state index contributed by atoms with van der Waals surface area (Å²) in [5.74, 6) is 1.36. The molecule has 13 heavy (non-hydrogen) atoms. The van der Waals surface area contributed by atoms with E-state index in [-0.39, 0.29) is 6.10 Å². The summed E-state index contributed by atoms with van der Waals surface area (Å²) in [6, 6.07) is 0. The number of aryl methyl sites for hydroxylation is 1. The van der Waals surface area contributed by atoms with Crippen molar-refractivity contribution in [3.05, 3.63) is 18.2 Å². The Bertz CT molecular complexity index is 282. The molecule has 2 rings (SSSR count). The van der Waals surface area contributed by atoms with Gasteiger partial charge in [-0.15, -0.1) is 0 Å². The molecule has 2 atom stereocenters. The number of aromatic nitrogens is 2. The summed E-state index contributed by atoms with van der Waals surface area (Å²) in [6.07, 6.45) is 6.82. The van der Waals surface area contributed by atoms with Crippen molar-refractivity contribution in [1.29, 1.82) is 0 Å². The molecule has 0 amide bonds. The van der Waals surface area contributed by atoms with E-state index in [0.717, 1.165) is 31.6 Å². The topological polar surface area (TPSA) is 38.0 Å². The highest BCUT2D eigenvalue weighted by Crippen LogP contribution is 2.35. The number of nitrogens with zero attached hydrogens (tertiary/aromatic N) is 2. The molecule has 0 bridgehead atoms. The smallest absolute Gasteiger partial charge is 0.114 e. The first-order valence-corrected chi connectivity index (χ1v) is 5.02. The van der Waals surface area contributed by atoms with Crippen LogP contribution in [0.3, 0.4) is 0 Å².